The van der Waals surface area contributed by atoms with Crippen LogP contribution in [0.3, 0.4) is 0 Å². The summed E-state index contributed by atoms with van der Waals surface area (Å²) < 4.78 is 2.52. The highest BCUT2D eigenvalue weighted by Crippen LogP contribution is 2.32. The Balaban J connectivity index is 1.67. The smallest absolute Gasteiger partial charge is 0.0718 e. The van der Waals surface area contributed by atoms with E-state index in [1.165, 1.54) is 33.3 Å². The number of fused-ring (bicyclic) bond motifs is 3. The molecule has 4 rings (SSSR count). The lowest BCUT2D eigenvalue weighted by atomic mass is 10.0. The van der Waals surface area contributed by atoms with Crippen molar-refractivity contribution in [1.82, 2.24) is 14.5 Å². The number of β-amino-alcohol motifs (C(OH)–C–C–N with tert-alkyl or cyclic N) is 1. The molecule has 0 radical (unpaired) electrons. The molecule has 0 spiro atoms. The molecule has 1 N–H and O–H groups in total. The van der Waals surface area contributed by atoms with Gasteiger partial charge in [0.25, 0.3) is 0 Å². The van der Waals surface area contributed by atoms with Crippen LogP contribution in [0.15, 0.2) is 36.5 Å². The van der Waals surface area contributed by atoms with Gasteiger partial charge in [0.2, 0.25) is 0 Å². The number of pyridine rings is 1. The van der Waals surface area contributed by atoms with Gasteiger partial charge in [-0.25, -0.2) is 0 Å². The van der Waals surface area contributed by atoms with Crippen molar-refractivity contribution >= 4 is 10.9 Å². The summed E-state index contributed by atoms with van der Waals surface area (Å²) in [6.45, 7) is 11.6. The molecule has 2 aromatic heterocycles. The fraction of sp³-hybridized carbons (Fsp3) is 0.458. The Bertz CT molecular complexity index is 980. The minimum atomic E-state index is -0.662. The summed E-state index contributed by atoms with van der Waals surface area (Å²) in [5, 5.41) is 11.6. The quantitative estimate of drug-likeness (QED) is 0.730. The van der Waals surface area contributed by atoms with Gasteiger partial charge in [-0.3, -0.25) is 9.88 Å². The van der Waals surface area contributed by atoms with E-state index < -0.39 is 5.60 Å². The van der Waals surface area contributed by atoms with Gasteiger partial charge in [0.1, 0.15) is 0 Å². The first-order chi connectivity index (χ1) is 13.3. The number of hydrogen-bond acceptors (Lipinski definition) is 3. The largest absolute Gasteiger partial charge is 0.389 e. The number of nitrogens with zero attached hydrogens (tertiary/aromatic N) is 3. The Morgan fingerprint density at radius 1 is 1.14 bits per heavy atom. The predicted octanol–water partition coefficient (Wildman–Crippen LogP) is 4.02. The second-order valence-electron chi connectivity index (χ2n) is 8.93. The molecule has 1 aromatic carbocycles. The molecule has 0 saturated carbocycles. The summed E-state index contributed by atoms with van der Waals surface area (Å²) in [7, 11) is 0. The molecule has 3 heterocycles. The van der Waals surface area contributed by atoms with E-state index in [2.05, 4.69) is 51.7 Å². The molecule has 0 amide bonds. The average molecular weight is 378 g/mol. The van der Waals surface area contributed by atoms with E-state index in [0.29, 0.717) is 6.54 Å². The molecule has 148 valence electrons. The average Bonchev–Trinajstić information content (AvgIpc) is 2.92. The lowest BCUT2D eigenvalue weighted by molar-refractivity contribution is 0.0316. The van der Waals surface area contributed by atoms with Gasteiger partial charge in [-0.2, -0.15) is 0 Å². The van der Waals surface area contributed by atoms with Gasteiger partial charge in [0, 0.05) is 61.1 Å². The topological polar surface area (TPSA) is 41.3 Å². The number of benzene rings is 1. The van der Waals surface area contributed by atoms with Crippen LogP contribution in [-0.4, -0.2) is 38.2 Å². The third-order valence-electron chi connectivity index (χ3n) is 5.70. The molecular formula is C24H31N3O. The van der Waals surface area contributed by atoms with Crippen molar-refractivity contribution in [3.05, 3.63) is 64.6 Å². The second kappa shape index (κ2) is 7.34. The lowest BCUT2D eigenvalue weighted by Crippen LogP contribution is -2.41. The van der Waals surface area contributed by atoms with Crippen molar-refractivity contribution in [3.63, 3.8) is 0 Å². The Morgan fingerprint density at radius 2 is 1.96 bits per heavy atom. The highest BCUT2D eigenvalue weighted by molar-refractivity contribution is 5.86. The van der Waals surface area contributed by atoms with E-state index in [4.69, 9.17) is 0 Å². The molecule has 0 saturated heterocycles. The van der Waals surface area contributed by atoms with Crippen LogP contribution in [0.1, 0.15) is 41.9 Å². The normalized spacial score (nSPS) is 15.2. The zero-order valence-corrected chi connectivity index (χ0v) is 17.5. The van der Waals surface area contributed by atoms with Crippen molar-refractivity contribution < 1.29 is 5.11 Å². The number of rotatable bonds is 5. The maximum atomic E-state index is 10.3. The molecular weight excluding hydrogens is 346 g/mol. The zero-order valence-electron chi connectivity index (χ0n) is 17.5. The standard InChI is InChI=1S/C24H31N3O/c1-17-5-8-22-20(13-17)21-15-26(16-24(3,4)28)11-10-23(21)27(22)12-9-19-7-6-18(2)25-14-19/h5-8,13-14,28H,9-12,15-16H2,1-4H3. The third kappa shape index (κ3) is 3.98. The van der Waals surface area contributed by atoms with Crippen LogP contribution < -0.4 is 0 Å². The first-order valence-corrected chi connectivity index (χ1v) is 10.3. The number of aryl methyl sites for hydroxylation is 4. The van der Waals surface area contributed by atoms with Crippen LogP contribution in [0.25, 0.3) is 10.9 Å². The number of aromatic nitrogens is 2. The van der Waals surface area contributed by atoms with Crippen LogP contribution in [0.4, 0.5) is 0 Å². The zero-order chi connectivity index (χ0) is 19.9. The van der Waals surface area contributed by atoms with Crippen molar-refractivity contribution in [2.24, 2.45) is 0 Å². The summed E-state index contributed by atoms with van der Waals surface area (Å²) >= 11 is 0. The first kappa shape index (κ1) is 19.2. The summed E-state index contributed by atoms with van der Waals surface area (Å²) in [5.41, 5.74) is 7.23. The van der Waals surface area contributed by atoms with E-state index in [9.17, 15) is 5.11 Å². The Morgan fingerprint density at radius 3 is 2.68 bits per heavy atom. The molecule has 0 bridgehead atoms. The van der Waals surface area contributed by atoms with E-state index >= 15 is 0 Å². The van der Waals surface area contributed by atoms with Gasteiger partial charge in [-0.05, 0) is 63.4 Å². The van der Waals surface area contributed by atoms with Crippen LogP contribution in [0.2, 0.25) is 0 Å². The maximum Gasteiger partial charge on any atom is 0.0718 e. The fourth-order valence-corrected chi connectivity index (χ4v) is 4.44. The summed E-state index contributed by atoms with van der Waals surface area (Å²) in [6, 6.07) is 11.1. The summed E-state index contributed by atoms with van der Waals surface area (Å²) in [6.07, 6.45) is 4.03. The molecule has 1 aliphatic heterocycles. The minimum Gasteiger partial charge on any atom is -0.389 e. The molecule has 1 aliphatic rings. The van der Waals surface area contributed by atoms with E-state index in [1.54, 1.807) is 0 Å². The van der Waals surface area contributed by atoms with Crippen molar-refractivity contribution in [2.75, 3.05) is 13.1 Å². The summed E-state index contributed by atoms with van der Waals surface area (Å²) in [4.78, 5) is 6.83. The Labute approximate surface area is 167 Å². The number of aliphatic hydroxyl groups is 1. The minimum absolute atomic E-state index is 0.662. The van der Waals surface area contributed by atoms with E-state index in [0.717, 1.165) is 38.2 Å². The van der Waals surface area contributed by atoms with E-state index in [1.807, 2.05) is 27.0 Å². The molecule has 4 nitrogen and oxygen atoms in total. The SMILES string of the molecule is Cc1ccc2c(c1)c1c(n2CCc2ccc(C)nc2)CCN(CC(C)(C)O)C1. The Hall–Kier alpha value is -2.17. The first-order valence-electron chi connectivity index (χ1n) is 10.3. The monoisotopic (exact) mass is 377 g/mol. The second-order valence-corrected chi connectivity index (χ2v) is 8.93. The number of hydrogen-bond donors (Lipinski definition) is 1. The van der Waals surface area contributed by atoms with Crippen LogP contribution in [-0.2, 0) is 25.9 Å². The Kier molecular flexibility index (Phi) is 5.02. The summed E-state index contributed by atoms with van der Waals surface area (Å²) in [5.74, 6) is 0. The van der Waals surface area contributed by atoms with Gasteiger partial charge in [0.15, 0.2) is 0 Å². The predicted molar refractivity (Wildman–Crippen MR) is 115 cm³/mol. The van der Waals surface area contributed by atoms with Gasteiger partial charge < -0.3 is 9.67 Å². The molecule has 3 aromatic rings. The maximum absolute atomic E-state index is 10.3. The van der Waals surface area contributed by atoms with Crippen molar-refractivity contribution in [2.45, 2.75) is 59.2 Å². The van der Waals surface area contributed by atoms with Crippen molar-refractivity contribution in [1.29, 1.82) is 0 Å². The molecule has 0 aliphatic carbocycles. The van der Waals surface area contributed by atoms with Crippen LogP contribution >= 0.6 is 0 Å². The van der Waals surface area contributed by atoms with Gasteiger partial charge >= 0.3 is 0 Å². The third-order valence-corrected chi connectivity index (χ3v) is 5.70. The highest BCUT2D eigenvalue weighted by Gasteiger charge is 2.27. The fourth-order valence-electron chi connectivity index (χ4n) is 4.44. The highest BCUT2D eigenvalue weighted by atomic mass is 16.3. The van der Waals surface area contributed by atoms with Gasteiger partial charge in [-0.15, -0.1) is 0 Å². The molecule has 0 atom stereocenters. The molecule has 28 heavy (non-hydrogen) atoms. The molecule has 0 unspecified atom stereocenters. The van der Waals surface area contributed by atoms with Crippen LogP contribution in [0.5, 0.6) is 0 Å². The van der Waals surface area contributed by atoms with Crippen molar-refractivity contribution in [3.8, 4) is 0 Å². The molecule has 4 heteroatoms. The van der Waals surface area contributed by atoms with E-state index in [-0.39, 0.29) is 0 Å². The molecule has 0 fully saturated rings. The lowest BCUT2D eigenvalue weighted by Gasteiger charge is -2.32. The van der Waals surface area contributed by atoms with Crippen LogP contribution in [0, 0.1) is 13.8 Å². The van der Waals surface area contributed by atoms with Gasteiger partial charge in [0.05, 0.1) is 5.60 Å². The van der Waals surface area contributed by atoms with Gasteiger partial charge in [-0.1, -0.05) is 17.7 Å².